The average molecular weight is 357 g/mol. The van der Waals surface area contributed by atoms with Gasteiger partial charge in [-0.05, 0) is 42.8 Å². The van der Waals surface area contributed by atoms with Crippen LogP contribution in [0.4, 0.5) is 0 Å². The van der Waals surface area contributed by atoms with E-state index in [-0.39, 0.29) is 5.75 Å². The molecule has 0 spiro atoms. The van der Waals surface area contributed by atoms with Gasteiger partial charge in [-0.15, -0.1) is 6.58 Å². The van der Waals surface area contributed by atoms with Crippen molar-refractivity contribution in [2.75, 3.05) is 28.4 Å². The molecule has 0 amide bonds. The topological polar surface area (TPSA) is 51.2 Å². The SMILES string of the molecule is C=CCc1cc(CN(C)Cc2ccc(OC)c(OC)c2)c(O)c(OC)c1. The van der Waals surface area contributed by atoms with Crippen LogP contribution in [0.2, 0.25) is 0 Å². The number of rotatable bonds is 9. The lowest BCUT2D eigenvalue weighted by atomic mass is 10.1. The first-order valence-electron chi connectivity index (χ1n) is 8.41. The second-order valence-electron chi connectivity index (χ2n) is 6.16. The van der Waals surface area contributed by atoms with E-state index < -0.39 is 0 Å². The highest BCUT2D eigenvalue weighted by molar-refractivity contribution is 5.49. The Morgan fingerprint density at radius 3 is 2.19 bits per heavy atom. The second-order valence-corrected chi connectivity index (χ2v) is 6.16. The van der Waals surface area contributed by atoms with Gasteiger partial charge in [0.15, 0.2) is 23.0 Å². The number of aromatic hydroxyl groups is 1. The molecule has 5 heteroatoms. The second kappa shape index (κ2) is 9.15. The van der Waals surface area contributed by atoms with Crippen LogP contribution in [-0.2, 0) is 19.5 Å². The zero-order valence-corrected chi connectivity index (χ0v) is 15.9. The highest BCUT2D eigenvalue weighted by Gasteiger charge is 2.13. The standard InChI is InChI=1S/C21H27NO4/c1-6-7-15-10-17(21(23)20(11-15)26-5)14-22(2)13-16-8-9-18(24-3)19(12-16)25-4/h6,8-12,23H,1,7,13-14H2,2-5H3. The number of phenolic OH excluding ortho intramolecular Hbond substituents is 1. The summed E-state index contributed by atoms with van der Waals surface area (Å²) in [7, 11) is 6.81. The number of nitrogens with zero attached hydrogens (tertiary/aromatic N) is 1. The molecule has 2 aromatic rings. The highest BCUT2D eigenvalue weighted by Crippen LogP contribution is 2.33. The van der Waals surface area contributed by atoms with E-state index in [1.54, 1.807) is 21.3 Å². The number of benzene rings is 2. The summed E-state index contributed by atoms with van der Waals surface area (Å²) in [5.41, 5.74) is 2.98. The van der Waals surface area contributed by atoms with Gasteiger partial charge in [0, 0.05) is 18.7 Å². The van der Waals surface area contributed by atoms with Crippen LogP contribution in [-0.4, -0.2) is 38.4 Å². The molecule has 0 aromatic heterocycles. The summed E-state index contributed by atoms with van der Waals surface area (Å²) in [4.78, 5) is 2.12. The number of allylic oxidation sites excluding steroid dienone is 1. The van der Waals surface area contributed by atoms with Gasteiger partial charge in [-0.25, -0.2) is 0 Å². The molecule has 1 N–H and O–H groups in total. The van der Waals surface area contributed by atoms with Crippen LogP contribution in [0, 0.1) is 0 Å². The van der Waals surface area contributed by atoms with Crippen molar-refractivity contribution in [2.24, 2.45) is 0 Å². The Labute approximate surface area is 155 Å². The minimum absolute atomic E-state index is 0.180. The summed E-state index contributed by atoms with van der Waals surface area (Å²) in [6, 6.07) is 9.70. The van der Waals surface area contributed by atoms with E-state index in [0.29, 0.717) is 30.3 Å². The fourth-order valence-corrected chi connectivity index (χ4v) is 2.93. The van der Waals surface area contributed by atoms with Gasteiger partial charge in [-0.1, -0.05) is 18.2 Å². The van der Waals surface area contributed by atoms with Gasteiger partial charge >= 0.3 is 0 Å². The monoisotopic (exact) mass is 357 g/mol. The third-order valence-corrected chi connectivity index (χ3v) is 4.15. The van der Waals surface area contributed by atoms with Crippen LogP contribution in [0.3, 0.4) is 0 Å². The predicted molar refractivity (Wildman–Crippen MR) is 103 cm³/mol. The van der Waals surface area contributed by atoms with Crippen molar-refractivity contribution in [1.29, 1.82) is 0 Å². The smallest absolute Gasteiger partial charge is 0.162 e. The first kappa shape index (κ1) is 19.7. The number of hydrogen-bond donors (Lipinski definition) is 1. The maximum Gasteiger partial charge on any atom is 0.162 e. The van der Waals surface area contributed by atoms with Gasteiger partial charge < -0.3 is 19.3 Å². The Hall–Kier alpha value is -2.66. The lowest BCUT2D eigenvalue weighted by molar-refractivity contribution is 0.306. The number of ether oxygens (including phenoxy) is 3. The van der Waals surface area contributed by atoms with Gasteiger partial charge in [0.25, 0.3) is 0 Å². The van der Waals surface area contributed by atoms with Crippen molar-refractivity contribution in [3.05, 3.63) is 59.7 Å². The minimum atomic E-state index is 0.180. The summed E-state index contributed by atoms with van der Waals surface area (Å²) in [5.74, 6) is 2.08. The van der Waals surface area contributed by atoms with Crippen LogP contribution in [0.5, 0.6) is 23.0 Å². The molecule has 0 heterocycles. The molecule has 2 rings (SSSR count). The summed E-state index contributed by atoms with van der Waals surface area (Å²) in [6.07, 6.45) is 2.56. The Kier molecular flexibility index (Phi) is 6.92. The maximum atomic E-state index is 10.4. The van der Waals surface area contributed by atoms with Crippen LogP contribution in [0.1, 0.15) is 16.7 Å². The van der Waals surface area contributed by atoms with E-state index in [4.69, 9.17) is 14.2 Å². The third-order valence-electron chi connectivity index (χ3n) is 4.15. The third kappa shape index (κ3) is 4.70. The minimum Gasteiger partial charge on any atom is -0.504 e. The van der Waals surface area contributed by atoms with Crippen molar-refractivity contribution in [3.63, 3.8) is 0 Å². The Morgan fingerprint density at radius 1 is 0.923 bits per heavy atom. The van der Waals surface area contributed by atoms with E-state index >= 15 is 0 Å². The molecule has 0 aliphatic rings. The highest BCUT2D eigenvalue weighted by atomic mass is 16.5. The molecule has 0 atom stereocenters. The van der Waals surface area contributed by atoms with Crippen LogP contribution < -0.4 is 14.2 Å². The van der Waals surface area contributed by atoms with Gasteiger partial charge in [0.05, 0.1) is 21.3 Å². The maximum absolute atomic E-state index is 10.4. The lowest BCUT2D eigenvalue weighted by Gasteiger charge is -2.20. The van der Waals surface area contributed by atoms with Crippen LogP contribution >= 0.6 is 0 Å². The molecule has 0 radical (unpaired) electrons. The molecule has 0 bridgehead atoms. The molecular weight excluding hydrogens is 330 g/mol. The fraction of sp³-hybridized carbons (Fsp3) is 0.333. The van der Waals surface area contributed by atoms with Crippen molar-refractivity contribution < 1.29 is 19.3 Å². The molecule has 2 aromatic carbocycles. The summed E-state index contributed by atoms with van der Waals surface area (Å²) >= 11 is 0. The molecular formula is C21H27NO4. The number of hydrogen-bond acceptors (Lipinski definition) is 5. The van der Waals surface area contributed by atoms with Gasteiger partial charge in [-0.2, -0.15) is 0 Å². The van der Waals surface area contributed by atoms with E-state index in [0.717, 1.165) is 23.1 Å². The molecule has 26 heavy (non-hydrogen) atoms. The number of phenols is 1. The summed E-state index contributed by atoms with van der Waals surface area (Å²) in [6.45, 7) is 5.06. The Morgan fingerprint density at radius 2 is 1.58 bits per heavy atom. The number of methoxy groups -OCH3 is 3. The molecule has 0 saturated heterocycles. The van der Waals surface area contributed by atoms with E-state index in [1.807, 2.05) is 43.5 Å². The van der Waals surface area contributed by atoms with Gasteiger partial charge in [-0.3, -0.25) is 4.90 Å². The normalized spacial score (nSPS) is 10.7. The van der Waals surface area contributed by atoms with E-state index in [1.165, 1.54) is 0 Å². The van der Waals surface area contributed by atoms with Gasteiger partial charge in [0.1, 0.15) is 0 Å². The summed E-state index contributed by atoms with van der Waals surface area (Å²) < 4.78 is 15.9. The Balaban J connectivity index is 2.18. The molecule has 0 unspecified atom stereocenters. The van der Waals surface area contributed by atoms with Gasteiger partial charge in [0.2, 0.25) is 0 Å². The molecule has 0 saturated carbocycles. The first-order chi connectivity index (χ1) is 12.5. The molecule has 140 valence electrons. The van der Waals surface area contributed by atoms with Crippen LogP contribution in [0.15, 0.2) is 43.0 Å². The molecule has 0 fully saturated rings. The molecule has 0 aliphatic heterocycles. The van der Waals surface area contributed by atoms with Crippen molar-refractivity contribution in [3.8, 4) is 23.0 Å². The van der Waals surface area contributed by atoms with E-state index in [9.17, 15) is 5.11 Å². The fourth-order valence-electron chi connectivity index (χ4n) is 2.93. The zero-order valence-electron chi connectivity index (χ0n) is 15.9. The summed E-state index contributed by atoms with van der Waals surface area (Å²) in [5, 5.41) is 10.4. The van der Waals surface area contributed by atoms with Crippen molar-refractivity contribution in [2.45, 2.75) is 19.5 Å². The largest absolute Gasteiger partial charge is 0.504 e. The zero-order chi connectivity index (χ0) is 19.1. The quantitative estimate of drug-likeness (QED) is 0.692. The van der Waals surface area contributed by atoms with E-state index in [2.05, 4.69) is 11.5 Å². The van der Waals surface area contributed by atoms with Crippen molar-refractivity contribution >= 4 is 0 Å². The lowest BCUT2D eigenvalue weighted by Crippen LogP contribution is -2.17. The molecule has 5 nitrogen and oxygen atoms in total. The predicted octanol–water partition coefficient (Wildman–Crippen LogP) is 3.78. The average Bonchev–Trinajstić information content (AvgIpc) is 2.64. The van der Waals surface area contributed by atoms with Crippen LogP contribution in [0.25, 0.3) is 0 Å². The molecule has 0 aliphatic carbocycles. The Bertz CT molecular complexity index is 758. The first-order valence-corrected chi connectivity index (χ1v) is 8.41. The van der Waals surface area contributed by atoms with Crippen molar-refractivity contribution in [1.82, 2.24) is 4.90 Å².